The van der Waals surface area contributed by atoms with Crippen molar-refractivity contribution >= 4 is 35.3 Å². The maximum absolute atomic E-state index is 12.6. The molecule has 1 N–H and O–H groups in total. The van der Waals surface area contributed by atoms with Gasteiger partial charge in [0, 0.05) is 25.7 Å². The average Bonchev–Trinajstić information content (AvgIpc) is 2.87. The fourth-order valence-corrected chi connectivity index (χ4v) is 2.62. The van der Waals surface area contributed by atoms with E-state index in [1.165, 1.54) is 11.9 Å². The third-order valence-corrected chi connectivity index (χ3v) is 4.10. The summed E-state index contributed by atoms with van der Waals surface area (Å²) in [5.74, 6) is 0.729. The molecule has 3 amide bonds. The molecule has 0 spiro atoms. The van der Waals surface area contributed by atoms with E-state index in [1.54, 1.807) is 14.0 Å². The Labute approximate surface area is 147 Å². The number of hydrogen-bond acceptors (Lipinski definition) is 5. The van der Waals surface area contributed by atoms with Crippen LogP contribution in [0, 0.1) is 0 Å². The zero-order valence-electron chi connectivity index (χ0n) is 14.7. The van der Waals surface area contributed by atoms with Crippen LogP contribution in [0.25, 0.3) is 0 Å². The van der Waals surface area contributed by atoms with E-state index in [1.807, 2.05) is 29.6 Å². The van der Waals surface area contributed by atoms with Crippen molar-refractivity contribution in [2.45, 2.75) is 13.0 Å². The number of guanidine groups is 1. The summed E-state index contributed by atoms with van der Waals surface area (Å²) >= 11 is 5.94. The van der Waals surface area contributed by atoms with Crippen molar-refractivity contribution in [3.05, 3.63) is 11.1 Å². The molecular formula is C15H24ClN6O2+. The fraction of sp³-hybridized carbons (Fsp3) is 0.600. The molecule has 0 aromatic carbocycles. The molecule has 2 aliphatic heterocycles. The lowest BCUT2D eigenvalue weighted by Gasteiger charge is -2.31. The summed E-state index contributed by atoms with van der Waals surface area (Å²) in [5.41, 5.74) is 0. The summed E-state index contributed by atoms with van der Waals surface area (Å²) in [7, 11) is 7.07. The Hall–Kier alpha value is -1.93. The Morgan fingerprint density at radius 2 is 2.04 bits per heavy atom. The number of nitrogens with one attached hydrogen (secondary N) is 1. The SMILES string of the molecule is C/C(Cl)=C/C[N+]1=C(NCCN(C)C)N=C2C1C(=O)N(C)C(=O)N2C. The van der Waals surface area contributed by atoms with Gasteiger partial charge in [0.15, 0.2) is 0 Å². The van der Waals surface area contributed by atoms with Crippen LogP contribution in [0.15, 0.2) is 16.1 Å². The van der Waals surface area contributed by atoms with Crippen LogP contribution in [-0.2, 0) is 4.79 Å². The largest absolute Gasteiger partial charge is 0.390 e. The van der Waals surface area contributed by atoms with Gasteiger partial charge in [0.25, 0.3) is 5.91 Å². The lowest BCUT2D eigenvalue weighted by atomic mass is 10.1. The Morgan fingerprint density at radius 3 is 2.62 bits per heavy atom. The molecule has 1 fully saturated rings. The first-order valence-electron chi connectivity index (χ1n) is 7.72. The normalized spacial score (nSPS) is 21.7. The van der Waals surface area contributed by atoms with Crippen molar-refractivity contribution in [1.82, 2.24) is 20.0 Å². The summed E-state index contributed by atoms with van der Waals surface area (Å²) in [4.78, 5) is 33.8. The highest BCUT2D eigenvalue weighted by Gasteiger charge is 2.51. The van der Waals surface area contributed by atoms with E-state index in [0.717, 1.165) is 11.4 Å². The number of amidine groups is 1. The van der Waals surface area contributed by atoms with Crippen molar-refractivity contribution in [3.63, 3.8) is 0 Å². The highest BCUT2D eigenvalue weighted by atomic mass is 35.5. The molecule has 0 bridgehead atoms. The van der Waals surface area contributed by atoms with Gasteiger partial charge in [-0.05, 0) is 27.1 Å². The molecule has 0 saturated carbocycles. The van der Waals surface area contributed by atoms with Crippen LogP contribution in [-0.4, -0.2) is 96.9 Å². The molecule has 8 nitrogen and oxygen atoms in total. The van der Waals surface area contributed by atoms with Gasteiger partial charge < -0.3 is 4.90 Å². The minimum absolute atomic E-state index is 0.290. The molecule has 1 atom stereocenters. The van der Waals surface area contributed by atoms with Crippen molar-refractivity contribution in [1.29, 1.82) is 0 Å². The maximum atomic E-state index is 12.6. The number of carbonyl (C=O) groups excluding carboxylic acids is 2. The summed E-state index contributed by atoms with van der Waals surface area (Å²) in [5, 5.41) is 3.88. The number of rotatable bonds is 5. The summed E-state index contributed by atoms with van der Waals surface area (Å²) in [6.07, 6.45) is 1.82. The van der Waals surface area contributed by atoms with Crippen LogP contribution >= 0.6 is 11.6 Å². The third kappa shape index (κ3) is 3.59. The predicted molar refractivity (Wildman–Crippen MR) is 93.5 cm³/mol. The van der Waals surface area contributed by atoms with Gasteiger partial charge >= 0.3 is 12.0 Å². The van der Waals surface area contributed by atoms with E-state index in [-0.39, 0.29) is 11.9 Å². The maximum Gasteiger partial charge on any atom is 0.390 e. The first kappa shape index (κ1) is 18.4. The smallest absolute Gasteiger partial charge is 0.306 e. The predicted octanol–water partition coefficient (Wildman–Crippen LogP) is -0.0468. The molecule has 9 heteroatoms. The van der Waals surface area contributed by atoms with E-state index >= 15 is 0 Å². The van der Waals surface area contributed by atoms with E-state index in [4.69, 9.17) is 11.6 Å². The molecule has 0 radical (unpaired) electrons. The number of nitrogens with zero attached hydrogens (tertiary/aromatic N) is 5. The second kappa shape index (κ2) is 7.31. The average molecular weight is 356 g/mol. The van der Waals surface area contributed by atoms with Crippen molar-refractivity contribution in [2.75, 3.05) is 47.8 Å². The zero-order valence-corrected chi connectivity index (χ0v) is 15.5. The standard InChI is InChI=1S/C15H23ClN6O2/c1-10(16)6-8-22-11-12(18-14(22)17-7-9-19(2)3)20(4)15(24)21(5)13(11)23/h6,11H,7-9H2,1-5H3/p+1/b10-6-. The number of aliphatic imine (C=N–C) groups is 1. The highest BCUT2D eigenvalue weighted by molar-refractivity contribution is 6.29. The van der Waals surface area contributed by atoms with Crippen LogP contribution in [0.4, 0.5) is 4.79 Å². The van der Waals surface area contributed by atoms with Crippen molar-refractivity contribution in [3.8, 4) is 0 Å². The number of carbonyl (C=O) groups is 2. The van der Waals surface area contributed by atoms with Crippen LogP contribution in [0.1, 0.15) is 6.92 Å². The number of hydrogen-bond donors (Lipinski definition) is 1. The first-order chi connectivity index (χ1) is 11.2. The fourth-order valence-electron chi connectivity index (χ4n) is 2.55. The minimum Gasteiger partial charge on any atom is -0.306 e. The van der Waals surface area contributed by atoms with Crippen LogP contribution in [0.3, 0.4) is 0 Å². The van der Waals surface area contributed by atoms with Gasteiger partial charge in [-0.1, -0.05) is 16.6 Å². The van der Waals surface area contributed by atoms with Gasteiger partial charge in [-0.25, -0.2) is 9.37 Å². The quantitative estimate of drug-likeness (QED) is 0.702. The highest BCUT2D eigenvalue weighted by Crippen LogP contribution is 2.18. The second-order valence-electron chi connectivity index (χ2n) is 6.11. The summed E-state index contributed by atoms with van der Waals surface area (Å²) in [6.45, 7) is 3.70. The number of imide groups is 1. The molecular weight excluding hydrogens is 332 g/mol. The van der Waals surface area contributed by atoms with Gasteiger partial charge in [-0.15, -0.1) is 0 Å². The second-order valence-corrected chi connectivity index (χ2v) is 6.70. The summed E-state index contributed by atoms with van der Waals surface area (Å²) in [6, 6.07) is -1.000. The molecule has 2 rings (SSSR count). The Bertz CT molecular complexity index is 636. The monoisotopic (exact) mass is 355 g/mol. The molecule has 0 aromatic rings. The van der Waals surface area contributed by atoms with Gasteiger partial charge in [0.1, 0.15) is 0 Å². The van der Waals surface area contributed by atoms with Gasteiger partial charge in [0.05, 0.1) is 13.1 Å². The molecule has 1 unspecified atom stereocenters. The first-order valence-corrected chi connectivity index (χ1v) is 8.10. The van der Waals surface area contributed by atoms with E-state index in [9.17, 15) is 9.59 Å². The number of amides is 3. The molecule has 2 aliphatic rings. The molecule has 0 aliphatic carbocycles. The Balaban J connectivity index is 2.33. The van der Waals surface area contributed by atoms with Crippen LogP contribution in [0.5, 0.6) is 0 Å². The van der Waals surface area contributed by atoms with Crippen molar-refractivity contribution < 1.29 is 14.2 Å². The lowest BCUT2D eigenvalue weighted by Crippen LogP contribution is -2.61. The zero-order chi connectivity index (χ0) is 18.0. The summed E-state index contributed by atoms with van der Waals surface area (Å²) < 4.78 is 1.83. The third-order valence-electron chi connectivity index (χ3n) is 3.94. The molecule has 132 valence electrons. The van der Waals surface area contributed by atoms with E-state index in [2.05, 4.69) is 10.3 Å². The number of urea groups is 1. The van der Waals surface area contributed by atoms with Gasteiger partial charge in [-0.3, -0.25) is 19.9 Å². The van der Waals surface area contributed by atoms with E-state index < -0.39 is 6.04 Å². The topological polar surface area (TPSA) is 71.3 Å². The van der Waals surface area contributed by atoms with E-state index in [0.29, 0.717) is 29.9 Å². The Morgan fingerprint density at radius 1 is 1.38 bits per heavy atom. The number of allylic oxidation sites excluding steroid dienone is 1. The number of halogens is 1. The Kier molecular flexibility index (Phi) is 5.61. The minimum atomic E-state index is -0.619. The van der Waals surface area contributed by atoms with Crippen molar-refractivity contribution in [2.24, 2.45) is 4.99 Å². The van der Waals surface area contributed by atoms with Crippen LogP contribution in [0.2, 0.25) is 0 Å². The van der Waals surface area contributed by atoms with Gasteiger partial charge in [-0.2, -0.15) is 0 Å². The molecule has 0 aromatic heterocycles. The van der Waals surface area contributed by atoms with Crippen LogP contribution < -0.4 is 5.32 Å². The van der Waals surface area contributed by atoms with Gasteiger partial charge in [0.2, 0.25) is 11.9 Å². The lowest BCUT2D eigenvalue weighted by molar-refractivity contribution is -0.527. The number of fused-ring (bicyclic) bond motifs is 1. The molecule has 1 saturated heterocycles. The molecule has 2 heterocycles. The number of likely N-dealkylation sites (N-methyl/N-ethyl adjacent to an activating group) is 3. The molecule has 24 heavy (non-hydrogen) atoms.